The summed E-state index contributed by atoms with van der Waals surface area (Å²) in [5.41, 5.74) is 5.25. The highest BCUT2D eigenvalue weighted by Crippen LogP contribution is 2.39. The van der Waals surface area contributed by atoms with Crippen molar-refractivity contribution in [3.63, 3.8) is 0 Å². The summed E-state index contributed by atoms with van der Waals surface area (Å²) < 4.78 is 32.3. The second kappa shape index (κ2) is 4.56. The van der Waals surface area contributed by atoms with E-state index in [1.807, 2.05) is 5.32 Å². The van der Waals surface area contributed by atoms with Crippen LogP contribution in [0.4, 0.5) is 13.6 Å². The van der Waals surface area contributed by atoms with Gasteiger partial charge in [-0.15, -0.1) is 0 Å². The highest BCUT2D eigenvalue weighted by Gasteiger charge is 2.62. The van der Waals surface area contributed by atoms with Gasteiger partial charge in [0, 0.05) is 6.08 Å². The van der Waals surface area contributed by atoms with Crippen molar-refractivity contribution < 1.29 is 33.6 Å². The molecule has 10 heteroatoms. The fourth-order valence-electron chi connectivity index (χ4n) is 1.95. The zero-order valence-corrected chi connectivity index (χ0v) is 9.53. The third-order valence-corrected chi connectivity index (χ3v) is 2.91. The number of rotatable bonds is 2. The quantitative estimate of drug-likeness (QED) is 0.392. The molecule has 0 aromatic carbocycles. The maximum atomic E-state index is 13.8. The number of hydrogen-bond acceptors (Lipinski definition) is 6. The van der Waals surface area contributed by atoms with Gasteiger partial charge in [-0.3, -0.25) is 10.2 Å². The standard InChI is InChI=1S/C9H13F2N3O5/c10-9(11)6(17)3(2-15)19-7(9)14-5(16)1-4(12)13-8(14)18/h1,3,5-7,15-17H,2,12H2,(H,13,18). The molecule has 4 unspecified atom stereocenters. The van der Waals surface area contributed by atoms with E-state index in [0.717, 1.165) is 6.08 Å². The second-order valence-electron chi connectivity index (χ2n) is 4.20. The summed E-state index contributed by atoms with van der Waals surface area (Å²) in [6, 6.07) is -1.09. The van der Waals surface area contributed by atoms with Crippen LogP contribution in [0.3, 0.4) is 0 Å². The molecule has 2 amide bonds. The molecule has 0 aromatic rings. The number of carbonyl (C=O) groups excluding carboxylic acids is 1. The molecule has 2 rings (SSSR count). The third-order valence-electron chi connectivity index (χ3n) is 2.91. The van der Waals surface area contributed by atoms with E-state index in [1.54, 1.807) is 0 Å². The lowest BCUT2D eigenvalue weighted by atomic mass is 10.1. The van der Waals surface area contributed by atoms with Gasteiger partial charge in [0.1, 0.15) is 11.9 Å². The van der Waals surface area contributed by atoms with E-state index in [-0.39, 0.29) is 5.82 Å². The van der Waals surface area contributed by atoms with Crippen LogP contribution in [0.15, 0.2) is 11.9 Å². The molecule has 2 aliphatic rings. The molecule has 4 atom stereocenters. The van der Waals surface area contributed by atoms with E-state index < -0.39 is 43.2 Å². The van der Waals surface area contributed by atoms with Gasteiger partial charge in [0.05, 0.1) is 6.61 Å². The van der Waals surface area contributed by atoms with Crippen LogP contribution in [-0.2, 0) is 4.74 Å². The normalized spacial score (nSPS) is 38.1. The minimum absolute atomic E-state index is 0.186. The van der Waals surface area contributed by atoms with Crippen LogP contribution >= 0.6 is 0 Å². The molecular formula is C9H13F2N3O5. The van der Waals surface area contributed by atoms with Gasteiger partial charge in [0.25, 0.3) is 0 Å². The van der Waals surface area contributed by atoms with Crippen molar-refractivity contribution in [1.29, 1.82) is 0 Å². The summed E-state index contributed by atoms with van der Waals surface area (Å²) >= 11 is 0. The Morgan fingerprint density at radius 1 is 1.53 bits per heavy atom. The maximum absolute atomic E-state index is 13.8. The van der Waals surface area contributed by atoms with Gasteiger partial charge >= 0.3 is 12.0 Å². The van der Waals surface area contributed by atoms with Crippen LogP contribution in [0.5, 0.6) is 0 Å². The number of hydrogen-bond donors (Lipinski definition) is 5. The molecular weight excluding hydrogens is 268 g/mol. The first-order chi connectivity index (χ1) is 8.78. The minimum atomic E-state index is -3.84. The van der Waals surface area contributed by atoms with Crippen molar-refractivity contribution in [3.8, 4) is 0 Å². The Balaban J connectivity index is 2.29. The van der Waals surface area contributed by atoms with Crippen LogP contribution in [0.2, 0.25) is 0 Å². The zero-order chi connectivity index (χ0) is 14.4. The molecule has 108 valence electrons. The number of aliphatic hydroxyl groups is 3. The van der Waals surface area contributed by atoms with Gasteiger partial charge in [-0.25, -0.2) is 4.79 Å². The summed E-state index contributed by atoms with van der Waals surface area (Å²) in [6.45, 7) is -0.850. The Kier molecular flexibility index (Phi) is 3.34. The average molecular weight is 281 g/mol. The SMILES string of the molecule is NC1=CC(O)N(C2OC(CO)C(O)C2(F)F)C(=O)N1. The van der Waals surface area contributed by atoms with Crippen molar-refractivity contribution in [2.75, 3.05) is 6.61 Å². The van der Waals surface area contributed by atoms with E-state index in [1.165, 1.54) is 0 Å². The number of aliphatic hydroxyl groups excluding tert-OH is 3. The average Bonchev–Trinajstić information content (AvgIpc) is 2.51. The molecule has 6 N–H and O–H groups in total. The van der Waals surface area contributed by atoms with Crippen LogP contribution in [-0.4, -0.2) is 63.4 Å². The first-order valence-electron chi connectivity index (χ1n) is 5.36. The Bertz CT molecular complexity index is 419. The number of ether oxygens (including phenoxy) is 1. The number of urea groups is 1. The molecule has 2 aliphatic heterocycles. The number of nitrogens with two attached hydrogens (primary N) is 1. The summed E-state index contributed by atoms with van der Waals surface area (Å²) in [5.74, 6) is -4.03. The van der Waals surface area contributed by atoms with Crippen molar-refractivity contribution in [2.24, 2.45) is 5.73 Å². The maximum Gasteiger partial charge on any atom is 0.327 e. The molecule has 2 heterocycles. The summed E-state index contributed by atoms with van der Waals surface area (Å²) in [4.78, 5) is 11.9. The van der Waals surface area contributed by atoms with Crippen LogP contribution in [0.1, 0.15) is 0 Å². The number of amides is 2. The smallest absolute Gasteiger partial charge is 0.327 e. The first kappa shape index (κ1) is 13.9. The van der Waals surface area contributed by atoms with E-state index in [9.17, 15) is 23.8 Å². The number of alkyl halides is 2. The lowest BCUT2D eigenvalue weighted by Gasteiger charge is -2.36. The van der Waals surface area contributed by atoms with Crippen LogP contribution in [0, 0.1) is 0 Å². The number of carbonyl (C=O) groups is 1. The van der Waals surface area contributed by atoms with E-state index in [4.69, 9.17) is 15.6 Å². The van der Waals surface area contributed by atoms with Gasteiger partial charge in [0.2, 0.25) is 6.23 Å². The molecule has 19 heavy (non-hydrogen) atoms. The molecule has 0 spiro atoms. The largest absolute Gasteiger partial charge is 0.394 e. The molecule has 0 radical (unpaired) electrons. The highest BCUT2D eigenvalue weighted by atomic mass is 19.3. The highest BCUT2D eigenvalue weighted by molar-refractivity contribution is 5.78. The summed E-state index contributed by atoms with van der Waals surface area (Å²) in [5, 5.41) is 29.8. The minimum Gasteiger partial charge on any atom is -0.394 e. The predicted molar refractivity (Wildman–Crippen MR) is 55.3 cm³/mol. The van der Waals surface area contributed by atoms with E-state index in [0.29, 0.717) is 4.90 Å². The lowest BCUT2D eigenvalue weighted by molar-refractivity contribution is -0.178. The predicted octanol–water partition coefficient (Wildman–Crippen LogP) is -2.16. The van der Waals surface area contributed by atoms with Crippen LogP contribution < -0.4 is 11.1 Å². The molecule has 1 fully saturated rings. The van der Waals surface area contributed by atoms with Crippen molar-refractivity contribution in [1.82, 2.24) is 10.2 Å². The van der Waals surface area contributed by atoms with Crippen LogP contribution in [0.25, 0.3) is 0 Å². The fourth-order valence-corrected chi connectivity index (χ4v) is 1.95. The van der Waals surface area contributed by atoms with Gasteiger partial charge in [0.15, 0.2) is 12.3 Å². The zero-order valence-electron chi connectivity index (χ0n) is 9.53. The Hall–Kier alpha value is -1.49. The number of nitrogens with one attached hydrogen (secondary N) is 1. The molecule has 0 aliphatic carbocycles. The van der Waals surface area contributed by atoms with Gasteiger partial charge in [-0.1, -0.05) is 0 Å². The Morgan fingerprint density at radius 2 is 2.16 bits per heavy atom. The fraction of sp³-hybridized carbons (Fsp3) is 0.667. The third kappa shape index (κ3) is 2.12. The van der Waals surface area contributed by atoms with Gasteiger partial charge in [-0.2, -0.15) is 8.78 Å². The van der Waals surface area contributed by atoms with Gasteiger partial charge < -0.3 is 25.8 Å². The molecule has 1 saturated heterocycles. The number of halogens is 2. The van der Waals surface area contributed by atoms with Gasteiger partial charge in [-0.05, 0) is 0 Å². The number of nitrogens with zero attached hydrogens (tertiary/aromatic N) is 1. The molecule has 8 nitrogen and oxygen atoms in total. The molecule has 0 saturated carbocycles. The summed E-state index contributed by atoms with van der Waals surface area (Å²) in [7, 11) is 0. The molecule has 0 aromatic heterocycles. The first-order valence-corrected chi connectivity index (χ1v) is 5.36. The van der Waals surface area contributed by atoms with Crippen molar-refractivity contribution in [2.45, 2.75) is 30.6 Å². The second-order valence-corrected chi connectivity index (χ2v) is 4.20. The Labute approximate surface area is 106 Å². The topological polar surface area (TPSA) is 128 Å². The van der Waals surface area contributed by atoms with Crippen molar-refractivity contribution >= 4 is 6.03 Å². The van der Waals surface area contributed by atoms with E-state index in [2.05, 4.69) is 0 Å². The van der Waals surface area contributed by atoms with Crippen molar-refractivity contribution in [3.05, 3.63) is 11.9 Å². The lowest BCUT2D eigenvalue weighted by Crippen LogP contribution is -2.60. The molecule has 0 bridgehead atoms. The summed E-state index contributed by atoms with van der Waals surface area (Å²) in [6.07, 6.45) is -6.85. The Morgan fingerprint density at radius 3 is 2.63 bits per heavy atom. The van der Waals surface area contributed by atoms with E-state index >= 15 is 0 Å². The monoisotopic (exact) mass is 281 g/mol.